The minimum atomic E-state index is 0.509. The van der Waals surface area contributed by atoms with Crippen molar-refractivity contribution in [1.29, 1.82) is 0 Å². The first-order valence-electron chi connectivity index (χ1n) is 6.66. The van der Waals surface area contributed by atoms with E-state index in [4.69, 9.17) is 4.74 Å². The van der Waals surface area contributed by atoms with E-state index in [9.17, 15) is 0 Å². The lowest BCUT2D eigenvalue weighted by atomic mass is 10.2. The van der Waals surface area contributed by atoms with Gasteiger partial charge in [-0.1, -0.05) is 22.9 Å². The summed E-state index contributed by atoms with van der Waals surface area (Å²) >= 11 is 3.43. The molecule has 106 valence electrons. The molecule has 0 bridgehead atoms. The summed E-state index contributed by atoms with van der Waals surface area (Å²) < 4.78 is 6.76. The molecule has 0 aliphatic rings. The number of aromatic nitrogens is 2. The number of aryl methyl sites for hydroxylation is 1. The van der Waals surface area contributed by atoms with Crippen LogP contribution < -0.4 is 10.1 Å². The van der Waals surface area contributed by atoms with Gasteiger partial charge < -0.3 is 10.1 Å². The van der Waals surface area contributed by atoms with Gasteiger partial charge in [-0.2, -0.15) is 5.10 Å². The first-order chi connectivity index (χ1) is 9.69. The van der Waals surface area contributed by atoms with E-state index >= 15 is 0 Å². The zero-order chi connectivity index (χ0) is 14.4. The predicted octanol–water partition coefficient (Wildman–Crippen LogP) is 3.84. The minimum absolute atomic E-state index is 0.509. The molecule has 1 N–H and O–H groups in total. The minimum Gasteiger partial charge on any atom is -0.437 e. The highest BCUT2D eigenvalue weighted by molar-refractivity contribution is 9.10. The Morgan fingerprint density at radius 3 is 2.70 bits per heavy atom. The molecule has 0 atom stereocenters. The monoisotopic (exact) mass is 335 g/mol. The highest BCUT2D eigenvalue weighted by atomic mass is 79.9. The van der Waals surface area contributed by atoms with Gasteiger partial charge in [0.15, 0.2) is 0 Å². The van der Waals surface area contributed by atoms with E-state index in [1.807, 2.05) is 37.3 Å². The second-order valence-electron chi connectivity index (χ2n) is 4.55. The third kappa shape index (κ3) is 4.28. The molecule has 0 aliphatic heterocycles. The van der Waals surface area contributed by atoms with Crippen molar-refractivity contribution in [2.45, 2.75) is 26.8 Å². The van der Waals surface area contributed by atoms with Crippen LogP contribution in [0.4, 0.5) is 0 Å². The van der Waals surface area contributed by atoms with Gasteiger partial charge in [0.2, 0.25) is 5.88 Å². The van der Waals surface area contributed by atoms with E-state index in [0.717, 1.165) is 41.0 Å². The smallest absolute Gasteiger partial charge is 0.238 e. The van der Waals surface area contributed by atoms with Crippen molar-refractivity contribution < 1.29 is 4.74 Å². The van der Waals surface area contributed by atoms with Crippen molar-refractivity contribution >= 4 is 15.9 Å². The molecule has 0 spiro atoms. The molecule has 0 amide bonds. The SMILES string of the molecule is CCCNCc1ccc(Oc2ccc(Br)cc2C)nn1. The molecule has 1 aromatic heterocycles. The van der Waals surface area contributed by atoms with Crippen molar-refractivity contribution in [2.75, 3.05) is 6.54 Å². The van der Waals surface area contributed by atoms with Gasteiger partial charge in [-0.05, 0) is 49.7 Å². The second kappa shape index (κ2) is 7.36. The average molecular weight is 336 g/mol. The third-order valence-electron chi connectivity index (χ3n) is 2.78. The van der Waals surface area contributed by atoms with E-state index in [-0.39, 0.29) is 0 Å². The molecule has 5 heteroatoms. The molecule has 4 nitrogen and oxygen atoms in total. The Hall–Kier alpha value is -1.46. The van der Waals surface area contributed by atoms with Crippen LogP contribution in [0.15, 0.2) is 34.8 Å². The number of hydrogen-bond donors (Lipinski definition) is 1. The molecule has 0 unspecified atom stereocenters. The molecule has 1 aromatic carbocycles. The lowest BCUT2D eigenvalue weighted by Gasteiger charge is -2.08. The highest BCUT2D eigenvalue weighted by Crippen LogP contribution is 2.25. The van der Waals surface area contributed by atoms with E-state index < -0.39 is 0 Å². The number of benzene rings is 1. The largest absolute Gasteiger partial charge is 0.437 e. The normalized spacial score (nSPS) is 10.6. The van der Waals surface area contributed by atoms with Crippen LogP contribution in [0.5, 0.6) is 11.6 Å². The van der Waals surface area contributed by atoms with Crippen LogP contribution in [0.2, 0.25) is 0 Å². The van der Waals surface area contributed by atoms with Crippen LogP contribution in [0.25, 0.3) is 0 Å². The molecule has 0 saturated carbocycles. The molecule has 2 aromatic rings. The van der Waals surface area contributed by atoms with Gasteiger partial charge >= 0.3 is 0 Å². The molecule has 0 saturated heterocycles. The number of nitrogens with zero attached hydrogens (tertiary/aromatic N) is 2. The summed E-state index contributed by atoms with van der Waals surface area (Å²) in [5.41, 5.74) is 1.97. The van der Waals surface area contributed by atoms with E-state index in [2.05, 4.69) is 38.4 Å². The summed E-state index contributed by atoms with van der Waals surface area (Å²) in [6, 6.07) is 9.64. The summed E-state index contributed by atoms with van der Waals surface area (Å²) in [6.45, 7) is 5.85. The number of halogens is 1. The molecule has 0 fully saturated rings. The van der Waals surface area contributed by atoms with Crippen LogP contribution in [0.1, 0.15) is 24.6 Å². The Morgan fingerprint density at radius 2 is 2.05 bits per heavy atom. The summed E-state index contributed by atoms with van der Waals surface area (Å²) in [5, 5.41) is 11.5. The molecule has 20 heavy (non-hydrogen) atoms. The van der Waals surface area contributed by atoms with Gasteiger partial charge in [-0.25, -0.2) is 0 Å². The Labute approximate surface area is 127 Å². The van der Waals surface area contributed by atoms with E-state index in [1.165, 1.54) is 0 Å². The fraction of sp³-hybridized carbons (Fsp3) is 0.333. The van der Waals surface area contributed by atoms with Crippen molar-refractivity contribution in [3.63, 3.8) is 0 Å². The Morgan fingerprint density at radius 1 is 1.20 bits per heavy atom. The van der Waals surface area contributed by atoms with Crippen molar-refractivity contribution in [1.82, 2.24) is 15.5 Å². The van der Waals surface area contributed by atoms with Crippen LogP contribution >= 0.6 is 15.9 Å². The standard InChI is InChI=1S/C15H18BrN3O/c1-3-8-17-10-13-5-7-15(19-18-13)20-14-6-4-12(16)9-11(14)2/h4-7,9,17H,3,8,10H2,1-2H3. The van der Waals surface area contributed by atoms with Gasteiger partial charge in [0.25, 0.3) is 0 Å². The zero-order valence-electron chi connectivity index (χ0n) is 11.7. The van der Waals surface area contributed by atoms with Crippen LogP contribution in [0.3, 0.4) is 0 Å². The summed E-state index contributed by atoms with van der Waals surface area (Å²) in [7, 11) is 0. The van der Waals surface area contributed by atoms with Crippen molar-refractivity contribution in [3.05, 3.63) is 46.1 Å². The van der Waals surface area contributed by atoms with Gasteiger partial charge in [0, 0.05) is 17.1 Å². The van der Waals surface area contributed by atoms with Crippen LogP contribution in [0, 0.1) is 6.92 Å². The molecule has 0 radical (unpaired) electrons. The topological polar surface area (TPSA) is 47.0 Å². The van der Waals surface area contributed by atoms with E-state index in [0.29, 0.717) is 5.88 Å². The molecular formula is C15H18BrN3O. The lowest BCUT2D eigenvalue weighted by Crippen LogP contribution is -2.15. The third-order valence-corrected chi connectivity index (χ3v) is 3.27. The number of hydrogen-bond acceptors (Lipinski definition) is 4. The first kappa shape index (κ1) is 14.9. The molecule has 2 rings (SSSR count). The van der Waals surface area contributed by atoms with Gasteiger partial charge in [0.05, 0.1) is 5.69 Å². The first-order valence-corrected chi connectivity index (χ1v) is 7.45. The van der Waals surface area contributed by atoms with Crippen molar-refractivity contribution in [3.8, 4) is 11.6 Å². The Balaban J connectivity index is 1.99. The average Bonchev–Trinajstić information content (AvgIpc) is 2.44. The summed E-state index contributed by atoms with van der Waals surface area (Å²) in [6.07, 6.45) is 1.11. The number of nitrogens with one attached hydrogen (secondary N) is 1. The van der Waals surface area contributed by atoms with Crippen LogP contribution in [-0.4, -0.2) is 16.7 Å². The van der Waals surface area contributed by atoms with Gasteiger partial charge in [-0.15, -0.1) is 5.10 Å². The maximum atomic E-state index is 5.73. The highest BCUT2D eigenvalue weighted by Gasteiger charge is 2.04. The second-order valence-corrected chi connectivity index (χ2v) is 5.47. The fourth-order valence-electron chi connectivity index (χ4n) is 1.73. The van der Waals surface area contributed by atoms with Gasteiger partial charge in [0.1, 0.15) is 5.75 Å². The lowest BCUT2D eigenvalue weighted by molar-refractivity contribution is 0.450. The Kier molecular flexibility index (Phi) is 5.49. The number of ether oxygens (including phenoxy) is 1. The zero-order valence-corrected chi connectivity index (χ0v) is 13.3. The fourth-order valence-corrected chi connectivity index (χ4v) is 2.21. The maximum Gasteiger partial charge on any atom is 0.238 e. The summed E-state index contributed by atoms with van der Waals surface area (Å²) in [5.74, 6) is 1.30. The quantitative estimate of drug-likeness (QED) is 0.814. The van der Waals surface area contributed by atoms with Gasteiger partial charge in [-0.3, -0.25) is 0 Å². The Bertz CT molecular complexity index is 558. The maximum absolute atomic E-state index is 5.73. The van der Waals surface area contributed by atoms with Crippen LogP contribution in [-0.2, 0) is 6.54 Å². The molecule has 0 aliphatic carbocycles. The molecule has 1 heterocycles. The number of rotatable bonds is 6. The predicted molar refractivity (Wildman–Crippen MR) is 83.0 cm³/mol. The molecular weight excluding hydrogens is 318 g/mol. The summed E-state index contributed by atoms with van der Waals surface area (Å²) in [4.78, 5) is 0. The van der Waals surface area contributed by atoms with E-state index in [1.54, 1.807) is 0 Å². The van der Waals surface area contributed by atoms with Crippen molar-refractivity contribution in [2.24, 2.45) is 0 Å².